The number of fused-ring (bicyclic) bond motifs is 1. The molecular formula is C29H37N5O3. The van der Waals surface area contributed by atoms with E-state index < -0.39 is 0 Å². The maximum absolute atomic E-state index is 13.5. The minimum atomic E-state index is -0.184. The third-order valence-corrected chi connectivity index (χ3v) is 7.54. The quantitative estimate of drug-likeness (QED) is 0.473. The normalized spacial score (nSPS) is 17.5. The number of methoxy groups -OCH3 is 1. The number of anilines is 1. The number of hydrogen-bond acceptors (Lipinski definition) is 7. The molecule has 3 aromatic rings. The van der Waals surface area contributed by atoms with Gasteiger partial charge >= 0.3 is 0 Å². The number of aryl methyl sites for hydroxylation is 1. The highest BCUT2D eigenvalue weighted by Gasteiger charge is 2.27. The highest BCUT2D eigenvalue weighted by atomic mass is 16.5. The minimum absolute atomic E-state index is 0.184. The van der Waals surface area contributed by atoms with Crippen molar-refractivity contribution in [3.05, 3.63) is 69.0 Å². The average molecular weight is 504 g/mol. The van der Waals surface area contributed by atoms with Gasteiger partial charge in [-0.1, -0.05) is 43.3 Å². The molecule has 0 saturated carbocycles. The number of benzene rings is 2. The number of piperidine rings is 1. The molecule has 0 amide bonds. The molecule has 2 aromatic carbocycles. The van der Waals surface area contributed by atoms with Crippen LogP contribution in [0.3, 0.4) is 0 Å². The average Bonchev–Trinajstić information content (AvgIpc) is 3.40. The number of likely N-dealkylation sites (N-methyl/N-ethyl adjacent to an activating group) is 1. The zero-order chi connectivity index (χ0) is 25.8. The second-order valence-corrected chi connectivity index (χ2v) is 10.1. The summed E-state index contributed by atoms with van der Waals surface area (Å²) in [6.07, 6.45) is 5.16. The maximum atomic E-state index is 13.5. The van der Waals surface area contributed by atoms with Crippen LogP contribution in [-0.2, 0) is 37.8 Å². The van der Waals surface area contributed by atoms with Crippen molar-refractivity contribution < 1.29 is 9.47 Å². The summed E-state index contributed by atoms with van der Waals surface area (Å²) < 4.78 is 13.7. The Morgan fingerprint density at radius 3 is 2.73 bits per heavy atom. The molecule has 0 bridgehead atoms. The van der Waals surface area contributed by atoms with E-state index in [0.717, 1.165) is 74.2 Å². The fraction of sp³-hybridized carbons (Fsp3) is 0.483. The third kappa shape index (κ3) is 5.40. The molecule has 1 atom stereocenters. The van der Waals surface area contributed by atoms with Gasteiger partial charge in [0.25, 0.3) is 5.56 Å². The summed E-state index contributed by atoms with van der Waals surface area (Å²) in [6.45, 7) is 6.02. The van der Waals surface area contributed by atoms with E-state index in [1.54, 1.807) is 18.7 Å². The van der Waals surface area contributed by atoms with Crippen molar-refractivity contribution in [3.63, 3.8) is 0 Å². The number of nitrogens with one attached hydrogen (secondary N) is 1. The zero-order valence-electron chi connectivity index (χ0n) is 22.1. The summed E-state index contributed by atoms with van der Waals surface area (Å²) in [5.74, 6) is 1.59. The zero-order valence-corrected chi connectivity index (χ0v) is 22.1. The SMILES string of the molecule is CCN1CCC[C@@H](Nc2nnc(-c3c(COC)cc4c(c3OCc3ccccc3)CCC4)n(C)c2=O)C1. The second-order valence-electron chi connectivity index (χ2n) is 10.1. The summed E-state index contributed by atoms with van der Waals surface area (Å²) in [4.78, 5) is 15.9. The van der Waals surface area contributed by atoms with Crippen LogP contribution in [0, 0.1) is 0 Å². The first kappa shape index (κ1) is 25.4. The molecule has 1 aliphatic carbocycles. The van der Waals surface area contributed by atoms with E-state index in [9.17, 15) is 4.79 Å². The van der Waals surface area contributed by atoms with E-state index in [0.29, 0.717) is 24.9 Å². The predicted molar refractivity (Wildman–Crippen MR) is 145 cm³/mol. The highest BCUT2D eigenvalue weighted by molar-refractivity contribution is 5.73. The number of rotatable bonds is 9. The van der Waals surface area contributed by atoms with Gasteiger partial charge in [-0.25, -0.2) is 0 Å². The van der Waals surface area contributed by atoms with E-state index in [1.807, 2.05) is 18.2 Å². The number of ether oxygens (including phenoxy) is 2. The Bertz CT molecular complexity index is 1290. The molecule has 0 spiro atoms. The fourth-order valence-electron chi connectivity index (χ4n) is 5.59. The van der Waals surface area contributed by atoms with Crippen LogP contribution in [0.5, 0.6) is 5.75 Å². The van der Waals surface area contributed by atoms with Gasteiger partial charge in [0, 0.05) is 26.7 Å². The fourth-order valence-corrected chi connectivity index (χ4v) is 5.59. The summed E-state index contributed by atoms with van der Waals surface area (Å²) in [5, 5.41) is 12.4. The van der Waals surface area contributed by atoms with Gasteiger partial charge in [0.2, 0.25) is 5.82 Å². The Labute approximate surface area is 218 Å². The molecule has 37 heavy (non-hydrogen) atoms. The Hall–Kier alpha value is -3.23. The van der Waals surface area contributed by atoms with Crippen LogP contribution in [0.25, 0.3) is 11.4 Å². The molecule has 0 radical (unpaired) electrons. The molecule has 196 valence electrons. The highest BCUT2D eigenvalue weighted by Crippen LogP contribution is 2.42. The van der Waals surface area contributed by atoms with Crippen molar-refractivity contribution in [3.8, 4) is 17.1 Å². The first-order chi connectivity index (χ1) is 18.1. The summed E-state index contributed by atoms with van der Waals surface area (Å²) in [6, 6.07) is 12.5. The molecule has 5 rings (SSSR count). The van der Waals surface area contributed by atoms with Crippen molar-refractivity contribution in [2.24, 2.45) is 7.05 Å². The van der Waals surface area contributed by atoms with Gasteiger partial charge in [-0.15, -0.1) is 10.2 Å². The standard InChI is InChI=1S/C29H37N5O3/c1-4-34-15-9-13-23(17-34)30-27-29(35)33(2)28(32-31-27)25-22(19-36-3)16-21-12-8-14-24(21)26(25)37-18-20-10-6-5-7-11-20/h5-7,10-11,16,23H,4,8-9,12-15,17-19H2,1-3H3,(H,30,31)/t23-/m1/s1. The molecule has 8 nitrogen and oxygen atoms in total. The van der Waals surface area contributed by atoms with Gasteiger partial charge in [-0.3, -0.25) is 9.36 Å². The predicted octanol–water partition coefficient (Wildman–Crippen LogP) is 3.95. The molecule has 1 fully saturated rings. The second kappa shape index (κ2) is 11.4. The van der Waals surface area contributed by atoms with Crippen LogP contribution in [0.2, 0.25) is 0 Å². The van der Waals surface area contributed by atoms with Crippen LogP contribution in [0.4, 0.5) is 5.82 Å². The molecule has 0 unspecified atom stereocenters. The summed E-state index contributed by atoms with van der Waals surface area (Å²) in [7, 11) is 3.45. The van der Waals surface area contributed by atoms with E-state index in [1.165, 1.54) is 11.1 Å². The van der Waals surface area contributed by atoms with Crippen molar-refractivity contribution in [2.75, 3.05) is 32.1 Å². The van der Waals surface area contributed by atoms with Crippen LogP contribution in [0.15, 0.2) is 41.2 Å². The lowest BCUT2D eigenvalue weighted by Gasteiger charge is -2.32. The van der Waals surface area contributed by atoms with Crippen LogP contribution < -0.4 is 15.6 Å². The number of likely N-dealkylation sites (tertiary alicyclic amines) is 1. The van der Waals surface area contributed by atoms with Crippen molar-refractivity contribution in [1.82, 2.24) is 19.7 Å². The molecule has 1 saturated heterocycles. The third-order valence-electron chi connectivity index (χ3n) is 7.54. The van der Waals surface area contributed by atoms with Gasteiger partial charge in [-0.05, 0) is 67.4 Å². The Morgan fingerprint density at radius 1 is 1.11 bits per heavy atom. The van der Waals surface area contributed by atoms with Gasteiger partial charge in [0.1, 0.15) is 12.4 Å². The van der Waals surface area contributed by atoms with E-state index in [-0.39, 0.29) is 11.6 Å². The van der Waals surface area contributed by atoms with E-state index in [4.69, 9.17) is 9.47 Å². The monoisotopic (exact) mass is 503 g/mol. The molecule has 1 aromatic heterocycles. The molecular weight excluding hydrogens is 466 g/mol. The molecule has 2 aliphatic rings. The lowest BCUT2D eigenvalue weighted by molar-refractivity contribution is 0.184. The van der Waals surface area contributed by atoms with Crippen molar-refractivity contribution in [1.29, 1.82) is 0 Å². The van der Waals surface area contributed by atoms with E-state index >= 15 is 0 Å². The minimum Gasteiger partial charge on any atom is -0.488 e. The topological polar surface area (TPSA) is 81.5 Å². The van der Waals surface area contributed by atoms with Crippen LogP contribution in [0.1, 0.15) is 48.4 Å². The molecule has 1 aliphatic heterocycles. The molecule has 2 heterocycles. The van der Waals surface area contributed by atoms with Crippen molar-refractivity contribution >= 4 is 5.82 Å². The number of hydrogen-bond donors (Lipinski definition) is 1. The number of nitrogens with zero attached hydrogens (tertiary/aromatic N) is 4. The van der Waals surface area contributed by atoms with Gasteiger partial charge < -0.3 is 19.7 Å². The van der Waals surface area contributed by atoms with Crippen molar-refractivity contribution in [2.45, 2.75) is 58.3 Å². The van der Waals surface area contributed by atoms with Crippen LogP contribution >= 0.6 is 0 Å². The van der Waals surface area contributed by atoms with E-state index in [2.05, 4.69) is 45.5 Å². The Balaban J connectivity index is 1.53. The Morgan fingerprint density at radius 2 is 1.95 bits per heavy atom. The first-order valence-electron chi connectivity index (χ1n) is 13.3. The lowest BCUT2D eigenvalue weighted by Crippen LogP contribution is -2.43. The van der Waals surface area contributed by atoms with Gasteiger partial charge in [0.05, 0.1) is 12.2 Å². The molecule has 1 N–H and O–H groups in total. The first-order valence-corrected chi connectivity index (χ1v) is 13.3. The smallest absolute Gasteiger partial charge is 0.296 e. The van der Waals surface area contributed by atoms with Gasteiger partial charge in [-0.2, -0.15) is 0 Å². The lowest BCUT2D eigenvalue weighted by atomic mass is 9.97. The van der Waals surface area contributed by atoms with Crippen LogP contribution in [-0.4, -0.2) is 52.5 Å². The maximum Gasteiger partial charge on any atom is 0.296 e. The largest absolute Gasteiger partial charge is 0.488 e. The van der Waals surface area contributed by atoms with Gasteiger partial charge in [0.15, 0.2) is 5.82 Å². The summed E-state index contributed by atoms with van der Waals surface area (Å²) in [5.41, 5.74) is 5.15. The Kier molecular flexibility index (Phi) is 7.86. The molecule has 8 heteroatoms. The summed E-state index contributed by atoms with van der Waals surface area (Å²) >= 11 is 0. The number of aromatic nitrogens is 3.